The summed E-state index contributed by atoms with van der Waals surface area (Å²) in [5, 5.41) is 0. The van der Waals surface area contributed by atoms with Gasteiger partial charge in [0.15, 0.2) is 0 Å². The Morgan fingerprint density at radius 2 is 2.33 bits per heavy atom. The summed E-state index contributed by atoms with van der Waals surface area (Å²) in [7, 11) is 0. The first-order chi connectivity index (χ1) is 7.13. The minimum atomic E-state index is -0.298. The van der Waals surface area contributed by atoms with Gasteiger partial charge in [-0.25, -0.2) is 4.79 Å². The quantitative estimate of drug-likeness (QED) is 0.737. The van der Waals surface area contributed by atoms with Crippen LogP contribution in [0.4, 0.5) is 0 Å². The zero-order chi connectivity index (χ0) is 11.3. The van der Waals surface area contributed by atoms with E-state index < -0.39 is 0 Å². The number of aryl methyl sites for hydroxylation is 1. The van der Waals surface area contributed by atoms with Gasteiger partial charge in [0, 0.05) is 18.1 Å². The molecule has 4 heteroatoms. The van der Waals surface area contributed by atoms with Crippen molar-refractivity contribution >= 4 is 17.7 Å². The van der Waals surface area contributed by atoms with Gasteiger partial charge < -0.3 is 4.74 Å². The van der Waals surface area contributed by atoms with Gasteiger partial charge in [-0.1, -0.05) is 0 Å². The number of esters is 1. The van der Waals surface area contributed by atoms with E-state index >= 15 is 0 Å². The van der Waals surface area contributed by atoms with Crippen molar-refractivity contribution < 1.29 is 9.53 Å². The van der Waals surface area contributed by atoms with Gasteiger partial charge in [0.2, 0.25) is 0 Å². The lowest BCUT2D eigenvalue weighted by Gasteiger charge is -2.11. The SMILES string of the molecule is CSC[C@@H](C)OC(=O)c1cncc(C)c1. The van der Waals surface area contributed by atoms with Crippen LogP contribution in [0.15, 0.2) is 18.5 Å². The average Bonchev–Trinajstić information content (AvgIpc) is 2.18. The highest BCUT2D eigenvalue weighted by Gasteiger charge is 2.11. The van der Waals surface area contributed by atoms with Crippen molar-refractivity contribution in [1.29, 1.82) is 0 Å². The molecule has 1 aromatic rings. The Kier molecular flexibility index (Phi) is 4.62. The maximum absolute atomic E-state index is 11.6. The first-order valence-corrected chi connectivity index (χ1v) is 6.14. The molecular weight excluding hydrogens is 210 g/mol. The van der Waals surface area contributed by atoms with E-state index in [0.29, 0.717) is 5.56 Å². The van der Waals surface area contributed by atoms with Gasteiger partial charge >= 0.3 is 5.97 Å². The number of rotatable bonds is 4. The molecule has 15 heavy (non-hydrogen) atoms. The average molecular weight is 225 g/mol. The van der Waals surface area contributed by atoms with Crippen LogP contribution in [0, 0.1) is 6.92 Å². The molecule has 1 atom stereocenters. The standard InChI is InChI=1S/C11H15NO2S/c1-8-4-10(6-12-5-8)11(13)14-9(2)7-15-3/h4-6,9H,7H2,1-3H3/t9-/m1/s1. The van der Waals surface area contributed by atoms with E-state index in [1.165, 1.54) is 6.20 Å². The van der Waals surface area contributed by atoms with Crippen LogP contribution in [-0.2, 0) is 4.74 Å². The lowest BCUT2D eigenvalue weighted by atomic mass is 10.2. The second-order valence-corrected chi connectivity index (χ2v) is 4.33. The third kappa shape index (κ3) is 3.91. The number of carbonyl (C=O) groups is 1. The second-order valence-electron chi connectivity index (χ2n) is 3.42. The molecule has 0 unspecified atom stereocenters. The van der Waals surface area contributed by atoms with E-state index in [2.05, 4.69) is 4.98 Å². The van der Waals surface area contributed by atoms with Crippen molar-refractivity contribution in [3.05, 3.63) is 29.6 Å². The van der Waals surface area contributed by atoms with Gasteiger partial charge in [-0.3, -0.25) is 4.98 Å². The summed E-state index contributed by atoms with van der Waals surface area (Å²) in [6.45, 7) is 3.78. The fraction of sp³-hybridized carbons (Fsp3) is 0.455. The first kappa shape index (κ1) is 12.0. The normalized spacial score (nSPS) is 12.2. The monoisotopic (exact) mass is 225 g/mol. The van der Waals surface area contributed by atoms with Crippen molar-refractivity contribution in [3.63, 3.8) is 0 Å². The smallest absolute Gasteiger partial charge is 0.340 e. The molecule has 0 saturated heterocycles. The molecule has 0 spiro atoms. The molecule has 0 bridgehead atoms. The van der Waals surface area contributed by atoms with Crippen molar-refractivity contribution in [2.24, 2.45) is 0 Å². The predicted octanol–water partition coefficient (Wildman–Crippen LogP) is 2.30. The van der Waals surface area contributed by atoms with Crippen LogP contribution >= 0.6 is 11.8 Å². The fourth-order valence-electron chi connectivity index (χ4n) is 1.19. The Hall–Kier alpha value is -1.03. The number of thioether (sulfide) groups is 1. The second kappa shape index (κ2) is 5.75. The summed E-state index contributed by atoms with van der Waals surface area (Å²) >= 11 is 1.66. The molecule has 1 heterocycles. The number of hydrogen-bond donors (Lipinski definition) is 0. The van der Waals surface area contributed by atoms with E-state index in [-0.39, 0.29) is 12.1 Å². The number of ether oxygens (including phenoxy) is 1. The summed E-state index contributed by atoms with van der Waals surface area (Å²) in [6, 6.07) is 1.78. The minimum absolute atomic E-state index is 0.0620. The Bertz CT molecular complexity index is 341. The van der Waals surface area contributed by atoms with Crippen LogP contribution in [0.5, 0.6) is 0 Å². The Labute approximate surface area is 94.2 Å². The highest BCUT2D eigenvalue weighted by atomic mass is 32.2. The largest absolute Gasteiger partial charge is 0.458 e. The summed E-state index contributed by atoms with van der Waals surface area (Å²) in [5.74, 6) is 0.512. The molecule has 0 N–H and O–H groups in total. The van der Waals surface area contributed by atoms with Gasteiger partial charge in [-0.05, 0) is 31.7 Å². The van der Waals surface area contributed by atoms with E-state index in [0.717, 1.165) is 11.3 Å². The van der Waals surface area contributed by atoms with Gasteiger partial charge in [0.1, 0.15) is 6.10 Å². The Morgan fingerprint density at radius 3 is 2.93 bits per heavy atom. The number of nitrogens with zero attached hydrogens (tertiary/aromatic N) is 1. The molecule has 0 aliphatic rings. The van der Waals surface area contributed by atoms with Gasteiger partial charge in [-0.15, -0.1) is 0 Å². The lowest BCUT2D eigenvalue weighted by molar-refractivity contribution is 0.0385. The van der Waals surface area contributed by atoms with Crippen LogP contribution in [0.1, 0.15) is 22.8 Å². The van der Waals surface area contributed by atoms with E-state index in [9.17, 15) is 4.79 Å². The topological polar surface area (TPSA) is 39.2 Å². The van der Waals surface area contributed by atoms with Gasteiger partial charge in [0.25, 0.3) is 0 Å². The van der Waals surface area contributed by atoms with E-state index in [4.69, 9.17) is 4.74 Å². The van der Waals surface area contributed by atoms with Gasteiger partial charge in [0.05, 0.1) is 5.56 Å². The molecule has 1 rings (SSSR count). The molecule has 0 aromatic carbocycles. The molecule has 1 aromatic heterocycles. The molecule has 0 aliphatic carbocycles. The molecule has 0 fully saturated rings. The van der Waals surface area contributed by atoms with Crippen molar-refractivity contribution in [1.82, 2.24) is 4.98 Å². The number of carbonyl (C=O) groups excluding carboxylic acids is 1. The maximum Gasteiger partial charge on any atom is 0.340 e. The molecule has 82 valence electrons. The Balaban J connectivity index is 2.61. The molecule has 3 nitrogen and oxygen atoms in total. The first-order valence-electron chi connectivity index (χ1n) is 4.75. The molecular formula is C11H15NO2S. The summed E-state index contributed by atoms with van der Waals surface area (Å²) in [5.41, 5.74) is 1.48. The van der Waals surface area contributed by atoms with Crippen LogP contribution in [0.3, 0.4) is 0 Å². The third-order valence-electron chi connectivity index (χ3n) is 1.82. The highest BCUT2D eigenvalue weighted by molar-refractivity contribution is 7.98. The fourth-order valence-corrected chi connectivity index (χ4v) is 1.72. The minimum Gasteiger partial charge on any atom is -0.458 e. The molecule has 0 amide bonds. The van der Waals surface area contributed by atoms with Crippen molar-refractivity contribution in [2.45, 2.75) is 20.0 Å². The predicted molar refractivity (Wildman–Crippen MR) is 62.2 cm³/mol. The number of aromatic nitrogens is 1. The van der Waals surface area contributed by atoms with Crippen LogP contribution in [0.2, 0.25) is 0 Å². The van der Waals surface area contributed by atoms with E-state index in [1.807, 2.05) is 20.1 Å². The molecule has 0 aliphatic heterocycles. The Morgan fingerprint density at radius 1 is 1.60 bits per heavy atom. The van der Waals surface area contributed by atoms with E-state index in [1.54, 1.807) is 24.0 Å². The highest BCUT2D eigenvalue weighted by Crippen LogP contribution is 2.07. The zero-order valence-electron chi connectivity index (χ0n) is 9.19. The summed E-state index contributed by atoms with van der Waals surface area (Å²) in [6.07, 6.45) is 5.16. The molecule has 0 radical (unpaired) electrons. The summed E-state index contributed by atoms with van der Waals surface area (Å²) < 4.78 is 5.23. The summed E-state index contributed by atoms with van der Waals surface area (Å²) in [4.78, 5) is 15.6. The molecule has 0 saturated carbocycles. The van der Waals surface area contributed by atoms with Crippen LogP contribution in [-0.4, -0.2) is 29.1 Å². The number of hydrogen-bond acceptors (Lipinski definition) is 4. The van der Waals surface area contributed by atoms with Gasteiger partial charge in [-0.2, -0.15) is 11.8 Å². The number of pyridine rings is 1. The van der Waals surface area contributed by atoms with Crippen LogP contribution < -0.4 is 0 Å². The lowest BCUT2D eigenvalue weighted by Crippen LogP contribution is -2.17. The van der Waals surface area contributed by atoms with Crippen LogP contribution in [0.25, 0.3) is 0 Å². The van der Waals surface area contributed by atoms with Crippen molar-refractivity contribution in [2.75, 3.05) is 12.0 Å². The van der Waals surface area contributed by atoms with Crippen molar-refractivity contribution in [3.8, 4) is 0 Å². The third-order valence-corrected chi connectivity index (χ3v) is 2.62. The maximum atomic E-state index is 11.6. The zero-order valence-corrected chi connectivity index (χ0v) is 10.0.